The summed E-state index contributed by atoms with van der Waals surface area (Å²) in [6, 6.07) is 3.79. The summed E-state index contributed by atoms with van der Waals surface area (Å²) in [5.41, 5.74) is 8.10. The molecule has 1 aromatic carbocycles. The van der Waals surface area contributed by atoms with E-state index in [-0.39, 0.29) is 48.3 Å². The molecule has 10 heteroatoms. The Morgan fingerprint density at radius 3 is 2.96 bits per heavy atom. The maximum atomic E-state index is 12.1. The van der Waals surface area contributed by atoms with Gasteiger partial charge in [-0.05, 0) is 23.6 Å². The van der Waals surface area contributed by atoms with Gasteiger partial charge in [0.15, 0.2) is 0 Å². The monoisotopic (exact) mass is 319 g/mol. The molecule has 2 rings (SSSR count). The second kappa shape index (κ2) is 6.75. The maximum Gasteiger partial charge on any atom is 0.338 e. The van der Waals surface area contributed by atoms with Crippen molar-refractivity contribution in [2.24, 2.45) is 11.0 Å². The molecule has 23 heavy (non-hydrogen) atoms. The normalized spacial score (nSPS) is 16.8. The molecule has 1 aliphatic heterocycles. The first-order chi connectivity index (χ1) is 11.0. The number of methoxy groups -OCH3 is 1. The Kier molecular flexibility index (Phi) is 4.77. The van der Waals surface area contributed by atoms with E-state index in [9.17, 15) is 19.7 Å². The number of carbonyl (C=O) groups excluding carboxylic acids is 2. The lowest BCUT2D eigenvalue weighted by molar-refractivity contribution is -0.384. The number of hydrogen-bond acceptors (Lipinski definition) is 6. The fourth-order valence-electron chi connectivity index (χ4n) is 2.43. The van der Waals surface area contributed by atoms with E-state index in [0.29, 0.717) is 0 Å². The molecule has 0 radical (unpaired) electrons. The van der Waals surface area contributed by atoms with Gasteiger partial charge in [0, 0.05) is 30.5 Å². The Morgan fingerprint density at radius 2 is 2.35 bits per heavy atom. The summed E-state index contributed by atoms with van der Waals surface area (Å²) >= 11 is 0. The van der Waals surface area contributed by atoms with Crippen LogP contribution in [0.5, 0.6) is 0 Å². The number of azide groups is 1. The number of nitrogens with zero attached hydrogens (tertiary/aromatic N) is 5. The van der Waals surface area contributed by atoms with Gasteiger partial charge >= 0.3 is 5.97 Å². The largest absolute Gasteiger partial charge is 0.465 e. The zero-order valence-corrected chi connectivity index (χ0v) is 12.2. The summed E-state index contributed by atoms with van der Waals surface area (Å²) in [5.74, 6) is -1.19. The number of ether oxygens (including phenoxy) is 1. The van der Waals surface area contributed by atoms with E-state index in [2.05, 4.69) is 14.8 Å². The van der Waals surface area contributed by atoms with Crippen LogP contribution in [0.15, 0.2) is 23.3 Å². The fourth-order valence-corrected chi connectivity index (χ4v) is 2.43. The van der Waals surface area contributed by atoms with Gasteiger partial charge in [0.1, 0.15) is 5.69 Å². The first-order valence-corrected chi connectivity index (χ1v) is 6.66. The molecule has 1 fully saturated rings. The van der Waals surface area contributed by atoms with Gasteiger partial charge in [0.2, 0.25) is 5.91 Å². The molecule has 1 aliphatic rings. The number of rotatable bonds is 5. The number of nitro benzene ring substituents is 1. The van der Waals surface area contributed by atoms with Crippen LogP contribution in [0.1, 0.15) is 16.8 Å². The van der Waals surface area contributed by atoms with Crippen LogP contribution in [0.25, 0.3) is 10.4 Å². The number of esters is 1. The van der Waals surface area contributed by atoms with Gasteiger partial charge in [-0.15, -0.1) is 0 Å². The minimum atomic E-state index is -0.700. The van der Waals surface area contributed by atoms with Crippen molar-refractivity contribution < 1.29 is 19.2 Å². The van der Waals surface area contributed by atoms with Gasteiger partial charge in [-0.3, -0.25) is 14.9 Å². The lowest BCUT2D eigenvalue weighted by atomic mass is 10.1. The van der Waals surface area contributed by atoms with Gasteiger partial charge in [-0.2, -0.15) is 0 Å². The number of hydrogen-bond donors (Lipinski definition) is 0. The minimum absolute atomic E-state index is 0.0280. The Morgan fingerprint density at radius 1 is 1.61 bits per heavy atom. The van der Waals surface area contributed by atoms with Crippen LogP contribution in [0.3, 0.4) is 0 Å². The van der Waals surface area contributed by atoms with Gasteiger partial charge < -0.3 is 9.64 Å². The van der Waals surface area contributed by atoms with Crippen molar-refractivity contribution in [1.82, 2.24) is 0 Å². The number of benzene rings is 1. The van der Waals surface area contributed by atoms with Crippen molar-refractivity contribution in [2.75, 3.05) is 25.1 Å². The van der Waals surface area contributed by atoms with Crippen molar-refractivity contribution in [3.63, 3.8) is 0 Å². The predicted octanol–water partition coefficient (Wildman–Crippen LogP) is 2.04. The van der Waals surface area contributed by atoms with Crippen LogP contribution < -0.4 is 4.90 Å². The Bertz CT molecular complexity index is 713. The molecule has 1 atom stereocenters. The molecular weight excluding hydrogens is 306 g/mol. The second-order valence-electron chi connectivity index (χ2n) is 4.94. The maximum absolute atomic E-state index is 12.1. The zero-order valence-electron chi connectivity index (χ0n) is 12.2. The SMILES string of the molecule is COC(=O)c1ccc(N2CC(CN=[N+]=[N-])CC2=O)c([N+](=O)[O-])c1. The molecule has 1 unspecified atom stereocenters. The van der Waals surface area contributed by atoms with Gasteiger partial charge in [-0.25, -0.2) is 4.79 Å². The second-order valence-corrected chi connectivity index (χ2v) is 4.94. The molecule has 1 aromatic rings. The minimum Gasteiger partial charge on any atom is -0.465 e. The molecule has 10 nitrogen and oxygen atoms in total. The molecule has 120 valence electrons. The summed E-state index contributed by atoms with van der Waals surface area (Å²) in [5, 5.41) is 14.7. The third-order valence-corrected chi connectivity index (χ3v) is 3.49. The Balaban J connectivity index is 2.35. The molecule has 0 saturated carbocycles. The summed E-state index contributed by atoms with van der Waals surface area (Å²) in [7, 11) is 1.17. The number of nitro groups is 1. The number of carbonyl (C=O) groups is 2. The van der Waals surface area contributed by atoms with Gasteiger partial charge in [-0.1, -0.05) is 5.11 Å². The standard InChI is InChI=1S/C13H13N5O5/c1-23-13(20)9-2-3-10(11(5-9)18(21)22)17-7-8(4-12(17)19)6-15-16-14/h2-3,5,8H,4,6-7H2,1H3. The van der Waals surface area contributed by atoms with Crippen molar-refractivity contribution >= 4 is 23.3 Å². The molecule has 0 aliphatic carbocycles. The number of amides is 1. The predicted molar refractivity (Wildman–Crippen MR) is 78.9 cm³/mol. The van der Waals surface area contributed by atoms with Crippen molar-refractivity contribution in [3.05, 3.63) is 44.3 Å². The van der Waals surface area contributed by atoms with Gasteiger partial charge in [0.25, 0.3) is 5.69 Å². The highest BCUT2D eigenvalue weighted by atomic mass is 16.6. The highest BCUT2D eigenvalue weighted by Crippen LogP contribution is 2.34. The lowest BCUT2D eigenvalue weighted by Crippen LogP contribution is -2.25. The molecule has 0 bridgehead atoms. The van der Waals surface area contributed by atoms with E-state index in [1.807, 2.05) is 0 Å². The van der Waals surface area contributed by atoms with Crippen LogP contribution in [-0.2, 0) is 9.53 Å². The topological polar surface area (TPSA) is 139 Å². The molecule has 1 heterocycles. The van der Waals surface area contributed by atoms with Crippen molar-refractivity contribution in [1.29, 1.82) is 0 Å². The van der Waals surface area contributed by atoms with E-state index in [4.69, 9.17) is 5.53 Å². The first-order valence-electron chi connectivity index (χ1n) is 6.66. The van der Waals surface area contributed by atoms with Crippen molar-refractivity contribution in [3.8, 4) is 0 Å². The summed E-state index contributed by atoms with van der Waals surface area (Å²) in [6.07, 6.45) is 0.148. The Hall–Kier alpha value is -3.13. The van der Waals surface area contributed by atoms with E-state index in [1.165, 1.54) is 24.1 Å². The Labute approximate surface area is 130 Å². The van der Waals surface area contributed by atoms with Crippen LogP contribution >= 0.6 is 0 Å². The summed E-state index contributed by atoms with van der Waals surface area (Å²) in [6.45, 7) is 0.364. The first kappa shape index (κ1) is 16.2. The summed E-state index contributed by atoms with van der Waals surface area (Å²) < 4.78 is 4.53. The molecule has 1 saturated heterocycles. The average Bonchev–Trinajstić information content (AvgIpc) is 2.92. The van der Waals surface area contributed by atoms with Crippen LogP contribution in [0.4, 0.5) is 11.4 Å². The van der Waals surface area contributed by atoms with E-state index in [1.54, 1.807) is 0 Å². The van der Waals surface area contributed by atoms with E-state index in [0.717, 1.165) is 6.07 Å². The van der Waals surface area contributed by atoms with E-state index >= 15 is 0 Å². The van der Waals surface area contributed by atoms with Gasteiger partial charge in [0.05, 0.1) is 17.6 Å². The van der Waals surface area contributed by atoms with Crippen molar-refractivity contribution in [2.45, 2.75) is 6.42 Å². The zero-order chi connectivity index (χ0) is 17.0. The quantitative estimate of drug-likeness (QED) is 0.204. The molecular formula is C13H13N5O5. The lowest BCUT2D eigenvalue weighted by Gasteiger charge is -2.16. The number of anilines is 1. The van der Waals surface area contributed by atoms with Crippen LogP contribution in [-0.4, -0.2) is 37.0 Å². The molecule has 0 N–H and O–H groups in total. The molecule has 0 spiro atoms. The van der Waals surface area contributed by atoms with E-state index < -0.39 is 10.9 Å². The molecule has 1 amide bonds. The molecule has 0 aromatic heterocycles. The average molecular weight is 319 g/mol. The highest BCUT2D eigenvalue weighted by Gasteiger charge is 2.34. The smallest absolute Gasteiger partial charge is 0.338 e. The highest BCUT2D eigenvalue weighted by molar-refractivity contribution is 5.99. The van der Waals surface area contributed by atoms with Crippen LogP contribution in [0, 0.1) is 16.0 Å². The summed E-state index contributed by atoms with van der Waals surface area (Å²) in [4.78, 5) is 38.1. The fraction of sp³-hybridized carbons (Fsp3) is 0.385. The third kappa shape index (κ3) is 3.38. The van der Waals surface area contributed by atoms with Crippen LogP contribution in [0.2, 0.25) is 0 Å². The third-order valence-electron chi connectivity index (χ3n) is 3.49.